The van der Waals surface area contributed by atoms with Gasteiger partial charge in [-0.15, -0.1) is 0 Å². The Kier molecular flexibility index (Phi) is 5.61. The highest BCUT2D eigenvalue weighted by molar-refractivity contribution is 9.10. The van der Waals surface area contributed by atoms with Crippen LogP contribution in [0.3, 0.4) is 0 Å². The molecule has 5 nitrogen and oxygen atoms in total. The summed E-state index contributed by atoms with van der Waals surface area (Å²) in [5, 5.41) is 3.08. The monoisotopic (exact) mass is 352 g/mol. The van der Waals surface area contributed by atoms with Crippen molar-refractivity contribution in [2.45, 2.75) is 39.1 Å². The summed E-state index contributed by atoms with van der Waals surface area (Å²) >= 11 is 3.15. The van der Waals surface area contributed by atoms with E-state index in [1.807, 2.05) is 27.7 Å². The second-order valence-corrected chi connectivity index (χ2v) is 7.97. The number of rotatable bonds is 6. The molecule has 110 valence electrons. The van der Waals surface area contributed by atoms with E-state index in [9.17, 15) is 8.42 Å². The molecule has 0 fully saturated rings. The van der Waals surface area contributed by atoms with Gasteiger partial charge >= 0.3 is 0 Å². The van der Waals surface area contributed by atoms with E-state index in [4.69, 9.17) is 4.42 Å². The van der Waals surface area contributed by atoms with Gasteiger partial charge in [0, 0.05) is 12.6 Å². The Morgan fingerprint density at radius 2 is 2.00 bits per heavy atom. The van der Waals surface area contributed by atoms with Crippen molar-refractivity contribution in [2.75, 3.05) is 13.1 Å². The molecule has 0 atom stereocenters. The smallest absolute Gasteiger partial charge is 0.244 e. The summed E-state index contributed by atoms with van der Waals surface area (Å²) in [5.74, 6) is 0.588. The van der Waals surface area contributed by atoms with Crippen LogP contribution in [-0.2, 0) is 16.6 Å². The highest BCUT2D eigenvalue weighted by Crippen LogP contribution is 2.26. The average molecular weight is 353 g/mol. The highest BCUT2D eigenvalue weighted by Gasteiger charge is 2.24. The van der Waals surface area contributed by atoms with Crippen molar-refractivity contribution in [3.8, 4) is 0 Å². The van der Waals surface area contributed by atoms with Gasteiger partial charge in [-0.25, -0.2) is 13.1 Å². The SMILES string of the molecule is CCNCc1cc(S(=O)(=O)NCC(C)(C)C)c(Br)o1. The van der Waals surface area contributed by atoms with Crippen LogP contribution in [0.15, 0.2) is 20.0 Å². The van der Waals surface area contributed by atoms with Crippen LogP contribution in [0.2, 0.25) is 0 Å². The minimum absolute atomic E-state index is 0.115. The fraction of sp³-hybridized carbons (Fsp3) is 0.667. The van der Waals surface area contributed by atoms with Gasteiger partial charge in [-0.05, 0) is 27.9 Å². The zero-order valence-corrected chi connectivity index (χ0v) is 14.1. The normalized spacial score (nSPS) is 12.9. The average Bonchev–Trinajstić information content (AvgIpc) is 2.65. The number of furan rings is 1. The highest BCUT2D eigenvalue weighted by atomic mass is 79.9. The van der Waals surface area contributed by atoms with E-state index < -0.39 is 10.0 Å². The lowest BCUT2D eigenvalue weighted by Gasteiger charge is -2.18. The first-order chi connectivity index (χ1) is 8.65. The maximum atomic E-state index is 12.2. The standard InChI is InChI=1S/C12H21BrN2O3S/c1-5-14-7-9-6-10(11(13)18-9)19(16,17)15-8-12(2,3)4/h6,14-15H,5,7-8H2,1-4H3. The zero-order chi connectivity index (χ0) is 14.7. The van der Waals surface area contributed by atoms with E-state index in [2.05, 4.69) is 26.0 Å². The topological polar surface area (TPSA) is 71.3 Å². The molecular weight excluding hydrogens is 332 g/mol. The molecule has 0 aliphatic carbocycles. The largest absolute Gasteiger partial charge is 0.452 e. The van der Waals surface area contributed by atoms with Crippen LogP contribution in [-0.4, -0.2) is 21.5 Å². The summed E-state index contributed by atoms with van der Waals surface area (Å²) < 4.78 is 32.5. The van der Waals surface area contributed by atoms with Crippen molar-refractivity contribution in [1.29, 1.82) is 0 Å². The number of halogens is 1. The first-order valence-corrected chi connectivity index (χ1v) is 8.42. The molecule has 2 N–H and O–H groups in total. The van der Waals surface area contributed by atoms with E-state index in [-0.39, 0.29) is 15.0 Å². The van der Waals surface area contributed by atoms with Gasteiger partial charge < -0.3 is 9.73 Å². The maximum absolute atomic E-state index is 12.2. The second kappa shape index (κ2) is 6.39. The van der Waals surface area contributed by atoms with Gasteiger partial charge in [0.1, 0.15) is 10.7 Å². The Bertz CT molecular complexity index is 518. The van der Waals surface area contributed by atoms with Crippen LogP contribution in [0, 0.1) is 5.41 Å². The maximum Gasteiger partial charge on any atom is 0.244 e. The first kappa shape index (κ1) is 16.7. The fourth-order valence-corrected chi connectivity index (χ4v) is 3.59. The molecule has 0 saturated heterocycles. The molecule has 0 bridgehead atoms. The lowest BCUT2D eigenvalue weighted by atomic mass is 9.98. The first-order valence-electron chi connectivity index (χ1n) is 6.14. The Hall–Kier alpha value is -0.370. The summed E-state index contributed by atoms with van der Waals surface area (Å²) in [6.07, 6.45) is 0. The molecule has 0 spiro atoms. The molecule has 1 aromatic rings. The molecular formula is C12H21BrN2O3S. The Morgan fingerprint density at radius 3 is 2.53 bits per heavy atom. The molecule has 1 aromatic heterocycles. The van der Waals surface area contributed by atoms with E-state index >= 15 is 0 Å². The fourth-order valence-electron chi connectivity index (χ4n) is 1.31. The summed E-state index contributed by atoms with van der Waals surface area (Å²) in [5.41, 5.74) is -0.115. The summed E-state index contributed by atoms with van der Waals surface area (Å²) in [4.78, 5) is 0.143. The van der Waals surface area contributed by atoms with Gasteiger partial charge in [-0.1, -0.05) is 27.7 Å². The Morgan fingerprint density at radius 1 is 1.37 bits per heavy atom. The second-order valence-electron chi connectivity index (χ2n) is 5.52. The van der Waals surface area contributed by atoms with Crippen molar-refractivity contribution in [1.82, 2.24) is 10.0 Å². The Balaban J connectivity index is 2.86. The number of nitrogens with one attached hydrogen (secondary N) is 2. The molecule has 0 aliphatic heterocycles. The minimum Gasteiger partial charge on any atom is -0.452 e. The zero-order valence-electron chi connectivity index (χ0n) is 11.7. The molecule has 0 amide bonds. The molecule has 7 heteroatoms. The number of sulfonamides is 1. The van der Waals surface area contributed by atoms with E-state index in [0.717, 1.165) is 6.54 Å². The summed E-state index contributed by atoms with van der Waals surface area (Å²) in [6, 6.07) is 1.54. The lowest BCUT2D eigenvalue weighted by Crippen LogP contribution is -2.32. The van der Waals surface area contributed by atoms with Crippen LogP contribution in [0.5, 0.6) is 0 Å². The van der Waals surface area contributed by atoms with Crippen LogP contribution in [0.1, 0.15) is 33.5 Å². The van der Waals surface area contributed by atoms with Gasteiger partial charge in [-0.3, -0.25) is 0 Å². The van der Waals surface area contributed by atoms with Gasteiger partial charge in [0.05, 0.1) is 6.54 Å². The van der Waals surface area contributed by atoms with Crippen molar-refractivity contribution in [2.24, 2.45) is 5.41 Å². The number of hydrogen-bond acceptors (Lipinski definition) is 4. The molecule has 0 aliphatic rings. The van der Waals surface area contributed by atoms with Crippen molar-refractivity contribution in [3.63, 3.8) is 0 Å². The minimum atomic E-state index is -3.55. The third kappa shape index (κ3) is 5.25. The lowest BCUT2D eigenvalue weighted by molar-refractivity contribution is 0.407. The van der Waals surface area contributed by atoms with E-state index in [1.54, 1.807) is 0 Å². The molecule has 0 radical (unpaired) electrons. The molecule has 0 unspecified atom stereocenters. The summed E-state index contributed by atoms with van der Waals surface area (Å²) in [7, 11) is -3.55. The van der Waals surface area contributed by atoms with Crippen molar-refractivity contribution >= 4 is 26.0 Å². The third-order valence-corrected chi connectivity index (χ3v) is 4.60. The Labute approximate surface area is 123 Å². The van der Waals surface area contributed by atoms with E-state index in [0.29, 0.717) is 18.8 Å². The van der Waals surface area contributed by atoms with Crippen molar-refractivity contribution < 1.29 is 12.8 Å². The van der Waals surface area contributed by atoms with Crippen LogP contribution < -0.4 is 10.0 Å². The molecule has 1 heterocycles. The predicted octanol–water partition coefficient (Wildman–Crippen LogP) is 2.48. The van der Waals surface area contributed by atoms with E-state index in [1.165, 1.54) is 6.07 Å². The van der Waals surface area contributed by atoms with Crippen LogP contribution in [0.25, 0.3) is 0 Å². The van der Waals surface area contributed by atoms with Gasteiger partial charge in [0.25, 0.3) is 0 Å². The van der Waals surface area contributed by atoms with Gasteiger partial charge in [0.15, 0.2) is 4.67 Å². The van der Waals surface area contributed by atoms with Gasteiger partial charge in [-0.2, -0.15) is 0 Å². The molecule has 0 saturated carbocycles. The van der Waals surface area contributed by atoms with Crippen LogP contribution >= 0.6 is 15.9 Å². The molecule has 0 aromatic carbocycles. The van der Waals surface area contributed by atoms with Gasteiger partial charge in [0.2, 0.25) is 10.0 Å². The molecule has 19 heavy (non-hydrogen) atoms. The quantitative estimate of drug-likeness (QED) is 0.824. The predicted molar refractivity (Wildman–Crippen MR) is 78.4 cm³/mol. The van der Waals surface area contributed by atoms with Crippen molar-refractivity contribution in [3.05, 3.63) is 16.5 Å². The van der Waals surface area contributed by atoms with Crippen LogP contribution in [0.4, 0.5) is 0 Å². The third-order valence-electron chi connectivity index (χ3n) is 2.34. The summed E-state index contributed by atoms with van der Waals surface area (Å²) in [6.45, 7) is 9.55. The molecule has 1 rings (SSSR count). The number of hydrogen-bond donors (Lipinski definition) is 2.